The van der Waals surface area contributed by atoms with Crippen LogP contribution in [0.25, 0.3) is 11.0 Å². The van der Waals surface area contributed by atoms with Gasteiger partial charge in [-0.1, -0.05) is 0 Å². The van der Waals surface area contributed by atoms with Gasteiger partial charge in [0.1, 0.15) is 5.65 Å². The summed E-state index contributed by atoms with van der Waals surface area (Å²) in [6.07, 6.45) is 5.31. The first-order valence-corrected chi connectivity index (χ1v) is 8.51. The summed E-state index contributed by atoms with van der Waals surface area (Å²) in [4.78, 5) is 7.19. The number of aromatic nitrogens is 2. The molecule has 0 saturated carbocycles. The van der Waals surface area contributed by atoms with Gasteiger partial charge in [-0.15, -0.1) is 0 Å². The molecule has 1 saturated heterocycles. The van der Waals surface area contributed by atoms with E-state index >= 15 is 0 Å². The summed E-state index contributed by atoms with van der Waals surface area (Å²) in [6.45, 7) is 1.87. The van der Waals surface area contributed by atoms with E-state index in [1.54, 1.807) is 12.4 Å². The van der Waals surface area contributed by atoms with Crippen LogP contribution in [0.3, 0.4) is 0 Å². The molecule has 21 heavy (non-hydrogen) atoms. The van der Waals surface area contributed by atoms with E-state index < -0.39 is 10.2 Å². The topological polar surface area (TPSA) is 98.9 Å². The maximum Gasteiger partial charge on any atom is 0.277 e. The molecular formula is C13H19N5O2S. The second-order valence-corrected chi connectivity index (χ2v) is 6.73. The van der Waals surface area contributed by atoms with Crippen LogP contribution in [0.2, 0.25) is 0 Å². The minimum absolute atomic E-state index is 0.0408. The minimum Gasteiger partial charge on any atom is -0.346 e. The van der Waals surface area contributed by atoms with Crippen molar-refractivity contribution in [2.24, 2.45) is 0 Å². The second kappa shape index (κ2) is 6.10. The van der Waals surface area contributed by atoms with Gasteiger partial charge in [-0.05, 0) is 37.1 Å². The zero-order chi connectivity index (χ0) is 14.7. The van der Waals surface area contributed by atoms with Crippen LogP contribution in [0.15, 0.2) is 24.5 Å². The minimum atomic E-state index is -3.50. The highest BCUT2D eigenvalue weighted by atomic mass is 32.2. The molecule has 3 heterocycles. The van der Waals surface area contributed by atoms with Crippen molar-refractivity contribution in [1.29, 1.82) is 0 Å². The fourth-order valence-electron chi connectivity index (χ4n) is 2.56. The smallest absolute Gasteiger partial charge is 0.277 e. The summed E-state index contributed by atoms with van der Waals surface area (Å²) < 4.78 is 29.4. The summed E-state index contributed by atoms with van der Waals surface area (Å²) in [5, 5.41) is 4.11. The van der Waals surface area contributed by atoms with Crippen molar-refractivity contribution in [3.63, 3.8) is 0 Å². The number of H-pyrrole nitrogens is 1. The zero-order valence-electron chi connectivity index (χ0n) is 11.6. The average molecular weight is 309 g/mol. The normalized spacial score (nSPS) is 19.9. The Morgan fingerprint density at radius 1 is 1.38 bits per heavy atom. The van der Waals surface area contributed by atoms with Crippen molar-refractivity contribution in [1.82, 2.24) is 24.7 Å². The lowest BCUT2D eigenvalue weighted by Gasteiger charge is -2.23. The molecule has 8 heteroatoms. The van der Waals surface area contributed by atoms with E-state index in [4.69, 9.17) is 0 Å². The molecule has 0 amide bonds. The van der Waals surface area contributed by atoms with E-state index in [0.717, 1.165) is 36.0 Å². The third-order valence-electron chi connectivity index (χ3n) is 3.62. The molecule has 114 valence electrons. The number of piperidine rings is 1. The highest BCUT2D eigenvalue weighted by molar-refractivity contribution is 7.87. The van der Waals surface area contributed by atoms with Gasteiger partial charge in [-0.2, -0.15) is 17.9 Å². The zero-order valence-corrected chi connectivity index (χ0v) is 12.4. The molecule has 0 aromatic carbocycles. The average Bonchev–Trinajstić information content (AvgIpc) is 2.95. The Labute approximate surface area is 123 Å². The van der Waals surface area contributed by atoms with Crippen molar-refractivity contribution < 1.29 is 8.42 Å². The summed E-state index contributed by atoms with van der Waals surface area (Å²) in [7, 11) is -3.50. The van der Waals surface area contributed by atoms with Crippen LogP contribution >= 0.6 is 0 Å². The maximum absolute atomic E-state index is 12.1. The Kier molecular flexibility index (Phi) is 4.20. The maximum atomic E-state index is 12.1. The van der Waals surface area contributed by atoms with Crippen LogP contribution in [0.4, 0.5) is 0 Å². The second-order valence-electron chi connectivity index (χ2n) is 5.20. The molecule has 1 fully saturated rings. The number of hydrogen-bond acceptors (Lipinski definition) is 4. The summed E-state index contributed by atoms with van der Waals surface area (Å²) in [6, 6.07) is 3.67. The molecule has 0 radical (unpaired) electrons. The van der Waals surface area contributed by atoms with Crippen molar-refractivity contribution in [2.45, 2.75) is 25.4 Å². The Balaban J connectivity index is 1.64. The first kappa shape index (κ1) is 14.5. The number of hydrogen-bond donors (Lipinski definition) is 4. The number of aromatic amines is 1. The van der Waals surface area contributed by atoms with Crippen LogP contribution < -0.4 is 14.8 Å². The molecule has 1 aliphatic heterocycles. The van der Waals surface area contributed by atoms with Crippen LogP contribution in [-0.2, 0) is 16.8 Å². The first-order chi connectivity index (χ1) is 10.1. The standard InChI is InChI=1S/C13H19N5O2S/c19-21(20,18-11-2-1-5-14-9-11)17-8-10-3-6-15-13-12(10)4-7-16-13/h3-4,6-7,11,14,17-18H,1-2,5,8-9H2,(H,15,16). The fraction of sp³-hybridized carbons (Fsp3) is 0.462. The Morgan fingerprint density at radius 3 is 3.10 bits per heavy atom. The van der Waals surface area contributed by atoms with Crippen LogP contribution in [-0.4, -0.2) is 37.5 Å². The molecule has 1 unspecified atom stereocenters. The Morgan fingerprint density at radius 2 is 2.29 bits per heavy atom. The third-order valence-corrected chi connectivity index (χ3v) is 4.79. The summed E-state index contributed by atoms with van der Waals surface area (Å²) >= 11 is 0. The van der Waals surface area contributed by atoms with Gasteiger partial charge in [-0.25, -0.2) is 4.98 Å². The van der Waals surface area contributed by atoms with Gasteiger partial charge >= 0.3 is 0 Å². The molecule has 3 rings (SSSR count). The van der Waals surface area contributed by atoms with Crippen molar-refractivity contribution >= 4 is 21.2 Å². The van der Waals surface area contributed by atoms with E-state index in [0.29, 0.717) is 6.54 Å². The predicted molar refractivity (Wildman–Crippen MR) is 80.9 cm³/mol. The highest BCUT2D eigenvalue weighted by Gasteiger charge is 2.19. The molecule has 2 aromatic heterocycles. The van der Waals surface area contributed by atoms with Gasteiger partial charge in [0, 0.05) is 36.9 Å². The molecular weight excluding hydrogens is 290 g/mol. The van der Waals surface area contributed by atoms with Gasteiger partial charge in [0.15, 0.2) is 0 Å². The number of rotatable bonds is 5. The lowest BCUT2D eigenvalue weighted by Crippen LogP contribution is -2.49. The SMILES string of the molecule is O=S(=O)(NCc1ccnc2[nH]ccc12)NC1CCCNC1. The highest BCUT2D eigenvalue weighted by Crippen LogP contribution is 2.14. The predicted octanol–water partition coefficient (Wildman–Crippen LogP) is 0.239. The van der Waals surface area contributed by atoms with E-state index in [1.807, 2.05) is 12.1 Å². The lowest BCUT2D eigenvalue weighted by atomic mass is 10.1. The van der Waals surface area contributed by atoms with E-state index in [-0.39, 0.29) is 12.6 Å². The van der Waals surface area contributed by atoms with Crippen LogP contribution in [0.5, 0.6) is 0 Å². The molecule has 4 N–H and O–H groups in total. The summed E-state index contributed by atoms with van der Waals surface area (Å²) in [5.41, 5.74) is 1.66. The Hall–Kier alpha value is -1.48. The molecule has 2 aromatic rings. The van der Waals surface area contributed by atoms with E-state index in [9.17, 15) is 8.42 Å². The number of nitrogens with zero attached hydrogens (tertiary/aromatic N) is 1. The van der Waals surface area contributed by atoms with Gasteiger partial charge < -0.3 is 10.3 Å². The molecule has 0 bridgehead atoms. The van der Waals surface area contributed by atoms with Gasteiger partial charge in [-0.3, -0.25) is 0 Å². The Bertz CT molecular complexity index is 706. The van der Waals surface area contributed by atoms with Crippen molar-refractivity contribution in [2.75, 3.05) is 13.1 Å². The van der Waals surface area contributed by atoms with Crippen LogP contribution in [0, 0.1) is 0 Å². The van der Waals surface area contributed by atoms with Gasteiger partial charge in [0.05, 0.1) is 0 Å². The quantitative estimate of drug-likeness (QED) is 0.636. The van der Waals surface area contributed by atoms with Crippen LogP contribution in [0.1, 0.15) is 18.4 Å². The molecule has 1 aliphatic rings. The monoisotopic (exact) mass is 309 g/mol. The van der Waals surface area contributed by atoms with Crippen molar-refractivity contribution in [3.05, 3.63) is 30.1 Å². The van der Waals surface area contributed by atoms with Gasteiger partial charge in [0.25, 0.3) is 10.2 Å². The largest absolute Gasteiger partial charge is 0.346 e. The fourth-order valence-corrected chi connectivity index (χ4v) is 3.63. The number of pyridine rings is 1. The lowest BCUT2D eigenvalue weighted by molar-refractivity contribution is 0.426. The molecule has 7 nitrogen and oxygen atoms in total. The number of fused-ring (bicyclic) bond motifs is 1. The first-order valence-electron chi connectivity index (χ1n) is 7.03. The molecule has 0 aliphatic carbocycles. The molecule has 1 atom stereocenters. The van der Waals surface area contributed by atoms with E-state index in [2.05, 4.69) is 24.7 Å². The molecule has 0 spiro atoms. The number of nitrogens with one attached hydrogen (secondary N) is 4. The van der Waals surface area contributed by atoms with Gasteiger partial charge in [0.2, 0.25) is 0 Å². The third kappa shape index (κ3) is 3.59. The van der Waals surface area contributed by atoms with E-state index in [1.165, 1.54) is 0 Å². The van der Waals surface area contributed by atoms with Crippen molar-refractivity contribution in [3.8, 4) is 0 Å². The summed E-state index contributed by atoms with van der Waals surface area (Å²) in [5.74, 6) is 0.